The zero-order valence-electron chi connectivity index (χ0n) is 9.93. The molecule has 0 bridgehead atoms. The summed E-state index contributed by atoms with van der Waals surface area (Å²) in [5, 5.41) is 2.93. The van der Waals surface area contributed by atoms with Crippen molar-refractivity contribution in [3.05, 3.63) is 28.7 Å². The predicted octanol–water partition coefficient (Wildman–Crippen LogP) is 4.47. The minimum Gasteiger partial charge on any atom is -0.316 e. The normalized spacial score (nSPS) is 13.6. The molecule has 0 aromatic heterocycles. The Morgan fingerprint density at radius 2 is 1.89 bits per heavy atom. The number of halogens is 4. The number of alkyl halides is 3. The first kappa shape index (κ1) is 15.9. The first-order valence-corrected chi connectivity index (χ1v) is 7.31. The largest absolute Gasteiger partial charge is 0.389 e. The second-order valence-corrected chi connectivity index (χ2v) is 5.91. The van der Waals surface area contributed by atoms with Gasteiger partial charge in [0.05, 0.1) is 0 Å². The molecule has 0 aliphatic rings. The topological polar surface area (TPSA) is 12.0 Å². The highest BCUT2D eigenvalue weighted by Gasteiger charge is 2.27. The van der Waals surface area contributed by atoms with Crippen LogP contribution in [0.25, 0.3) is 0 Å². The van der Waals surface area contributed by atoms with Crippen molar-refractivity contribution < 1.29 is 13.2 Å². The van der Waals surface area contributed by atoms with Crippen LogP contribution in [0.5, 0.6) is 0 Å². The summed E-state index contributed by atoms with van der Waals surface area (Å²) in [5.41, 5.74) is 0. The van der Waals surface area contributed by atoms with Gasteiger partial charge in [-0.2, -0.15) is 13.2 Å². The molecule has 1 atom stereocenters. The quantitative estimate of drug-likeness (QED) is 0.766. The Bertz CT molecular complexity index is 353. The maximum absolute atomic E-state index is 12.1. The van der Waals surface area contributed by atoms with Crippen LogP contribution >= 0.6 is 27.7 Å². The van der Waals surface area contributed by atoms with Gasteiger partial charge >= 0.3 is 6.18 Å². The van der Waals surface area contributed by atoms with Gasteiger partial charge in [0.15, 0.2) is 0 Å². The van der Waals surface area contributed by atoms with Gasteiger partial charge in [0.25, 0.3) is 0 Å². The average Bonchev–Trinajstić information content (AvgIpc) is 2.30. The number of hydrogen-bond donors (Lipinski definition) is 1. The fraction of sp³-hybridized carbons (Fsp3) is 0.500. The van der Waals surface area contributed by atoms with Crippen LogP contribution < -0.4 is 5.32 Å². The lowest BCUT2D eigenvalue weighted by atomic mass is 10.2. The Morgan fingerprint density at radius 3 is 2.39 bits per heavy atom. The summed E-state index contributed by atoms with van der Waals surface area (Å²) in [6.45, 7) is 0. The highest BCUT2D eigenvalue weighted by atomic mass is 79.9. The first-order valence-electron chi connectivity index (χ1n) is 5.53. The van der Waals surface area contributed by atoms with Crippen molar-refractivity contribution in [2.24, 2.45) is 0 Å². The Hall–Kier alpha value is -0.200. The van der Waals surface area contributed by atoms with Crippen molar-refractivity contribution in [3.8, 4) is 0 Å². The maximum Gasteiger partial charge on any atom is 0.389 e. The van der Waals surface area contributed by atoms with Gasteiger partial charge in [0.1, 0.15) is 0 Å². The van der Waals surface area contributed by atoms with Crippen LogP contribution in [0.2, 0.25) is 0 Å². The van der Waals surface area contributed by atoms with Crippen molar-refractivity contribution in [1.82, 2.24) is 5.32 Å². The van der Waals surface area contributed by atoms with Crippen LogP contribution in [0, 0.1) is 0 Å². The van der Waals surface area contributed by atoms with Crippen molar-refractivity contribution in [3.63, 3.8) is 0 Å². The van der Waals surface area contributed by atoms with Crippen LogP contribution in [0.1, 0.15) is 12.8 Å². The molecule has 1 nitrogen and oxygen atoms in total. The van der Waals surface area contributed by atoms with Gasteiger partial charge in [-0.25, -0.2) is 0 Å². The molecule has 0 aliphatic heterocycles. The summed E-state index contributed by atoms with van der Waals surface area (Å²) in [4.78, 5) is 1.06. The summed E-state index contributed by atoms with van der Waals surface area (Å²) < 4.78 is 37.4. The Morgan fingerprint density at radius 1 is 1.28 bits per heavy atom. The van der Waals surface area contributed by atoms with Crippen LogP contribution in [0.4, 0.5) is 13.2 Å². The fourth-order valence-corrected chi connectivity index (χ4v) is 2.70. The third kappa shape index (κ3) is 6.66. The average molecular weight is 342 g/mol. The van der Waals surface area contributed by atoms with E-state index in [9.17, 15) is 13.2 Å². The van der Waals surface area contributed by atoms with Crippen LogP contribution in [0.15, 0.2) is 33.6 Å². The molecule has 0 aliphatic carbocycles. The second kappa shape index (κ2) is 7.40. The SMILES string of the molecule is CNC(CCC(F)(F)F)CSc1ccc(Br)cc1. The number of thioether (sulfide) groups is 1. The molecule has 102 valence electrons. The van der Waals surface area contributed by atoms with E-state index in [1.807, 2.05) is 24.3 Å². The number of nitrogens with one attached hydrogen (secondary N) is 1. The fourth-order valence-electron chi connectivity index (χ4n) is 1.38. The Labute approximate surface area is 118 Å². The smallest absolute Gasteiger partial charge is 0.316 e. The van der Waals surface area contributed by atoms with E-state index in [2.05, 4.69) is 21.2 Å². The van der Waals surface area contributed by atoms with Gasteiger partial charge in [-0.3, -0.25) is 0 Å². The van der Waals surface area contributed by atoms with Gasteiger partial charge in [-0.05, 0) is 37.7 Å². The first-order chi connectivity index (χ1) is 8.40. The Kier molecular flexibility index (Phi) is 6.52. The monoisotopic (exact) mass is 341 g/mol. The molecule has 1 unspecified atom stereocenters. The van der Waals surface area contributed by atoms with Gasteiger partial charge < -0.3 is 5.32 Å². The zero-order chi connectivity index (χ0) is 13.6. The highest BCUT2D eigenvalue weighted by Crippen LogP contribution is 2.25. The molecule has 0 amide bonds. The lowest BCUT2D eigenvalue weighted by molar-refractivity contribution is -0.136. The zero-order valence-corrected chi connectivity index (χ0v) is 12.3. The molecule has 1 aromatic rings. The second-order valence-electron chi connectivity index (χ2n) is 3.90. The van der Waals surface area contributed by atoms with Gasteiger partial charge in [0, 0.05) is 27.6 Å². The van der Waals surface area contributed by atoms with E-state index in [1.165, 1.54) is 0 Å². The predicted molar refractivity (Wildman–Crippen MR) is 73.0 cm³/mol. The Balaban J connectivity index is 2.37. The molecule has 0 saturated heterocycles. The summed E-state index contributed by atoms with van der Waals surface area (Å²) in [6, 6.07) is 7.62. The summed E-state index contributed by atoms with van der Waals surface area (Å²) >= 11 is 4.90. The molecule has 1 aromatic carbocycles. The molecule has 0 fully saturated rings. The van der Waals surface area contributed by atoms with Crippen LogP contribution in [-0.4, -0.2) is 25.0 Å². The van der Waals surface area contributed by atoms with Crippen molar-refractivity contribution in [1.29, 1.82) is 0 Å². The number of rotatable bonds is 6. The summed E-state index contributed by atoms with van der Waals surface area (Å²) in [6.07, 6.45) is -4.69. The van der Waals surface area contributed by atoms with Gasteiger partial charge in [0.2, 0.25) is 0 Å². The molecule has 6 heteroatoms. The van der Waals surface area contributed by atoms with Crippen molar-refractivity contribution >= 4 is 27.7 Å². The minimum absolute atomic E-state index is 0.115. The number of benzene rings is 1. The van der Waals surface area contributed by atoms with E-state index in [4.69, 9.17) is 0 Å². The lowest BCUT2D eigenvalue weighted by Gasteiger charge is -2.16. The molecular weight excluding hydrogens is 327 g/mol. The third-order valence-corrected chi connectivity index (χ3v) is 4.15. The molecule has 1 rings (SSSR count). The van der Waals surface area contributed by atoms with Crippen LogP contribution in [-0.2, 0) is 0 Å². The van der Waals surface area contributed by atoms with E-state index in [0.29, 0.717) is 5.75 Å². The van der Waals surface area contributed by atoms with Gasteiger partial charge in [-0.1, -0.05) is 15.9 Å². The molecule has 0 saturated carbocycles. The molecule has 1 N–H and O–H groups in total. The molecular formula is C12H15BrF3NS. The van der Waals surface area contributed by atoms with Gasteiger partial charge in [-0.15, -0.1) is 11.8 Å². The molecule has 0 radical (unpaired) electrons. The lowest BCUT2D eigenvalue weighted by Crippen LogP contribution is -2.29. The summed E-state index contributed by atoms with van der Waals surface area (Å²) in [5.74, 6) is 0.633. The molecule has 0 spiro atoms. The maximum atomic E-state index is 12.1. The minimum atomic E-state index is -4.07. The van der Waals surface area contributed by atoms with E-state index >= 15 is 0 Å². The van der Waals surface area contributed by atoms with E-state index < -0.39 is 12.6 Å². The standard InChI is InChI=1S/C12H15BrF3NS/c1-17-10(6-7-12(14,15)16)8-18-11-4-2-9(13)3-5-11/h2-5,10,17H,6-8H2,1H3. The number of hydrogen-bond acceptors (Lipinski definition) is 2. The van der Waals surface area contributed by atoms with Crippen LogP contribution in [0.3, 0.4) is 0 Å². The highest BCUT2D eigenvalue weighted by molar-refractivity contribution is 9.10. The van der Waals surface area contributed by atoms with E-state index in [0.717, 1.165) is 9.37 Å². The molecule has 18 heavy (non-hydrogen) atoms. The third-order valence-electron chi connectivity index (χ3n) is 2.45. The van der Waals surface area contributed by atoms with Crippen molar-refractivity contribution in [2.75, 3.05) is 12.8 Å². The van der Waals surface area contributed by atoms with E-state index in [1.54, 1.807) is 18.8 Å². The molecule has 0 heterocycles. The van der Waals surface area contributed by atoms with E-state index in [-0.39, 0.29) is 12.5 Å². The summed E-state index contributed by atoms with van der Waals surface area (Å²) in [7, 11) is 1.70. The van der Waals surface area contributed by atoms with Crippen molar-refractivity contribution in [2.45, 2.75) is 30.0 Å².